The van der Waals surface area contributed by atoms with Gasteiger partial charge in [-0.25, -0.2) is 8.78 Å². The van der Waals surface area contributed by atoms with Crippen molar-refractivity contribution in [3.63, 3.8) is 0 Å². The fourth-order valence-corrected chi connectivity index (χ4v) is 4.56. The van der Waals surface area contributed by atoms with Gasteiger partial charge in [-0.1, -0.05) is 0 Å². The normalized spacial score (nSPS) is 29.9. The Labute approximate surface area is 129 Å². The largest absolute Gasteiger partial charge is 0.380 e. The van der Waals surface area contributed by atoms with Crippen molar-refractivity contribution in [2.45, 2.75) is 30.9 Å². The fourth-order valence-electron chi connectivity index (χ4n) is 2.87. The molecule has 3 rings (SSSR count). The molecule has 2 fully saturated rings. The Morgan fingerprint density at radius 2 is 2.20 bits per heavy atom. The van der Waals surface area contributed by atoms with Gasteiger partial charge < -0.3 is 10.1 Å². The van der Waals surface area contributed by atoms with Crippen LogP contribution in [0.2, 0.25) is 0 Å². The second-order valence-corrected chi connectivity index (χ2v) is 7.37. The topological polar surface area (TPSA) is 21.3 Å². The van der Waals surface area contributed by atoms with Crippen LogP contribution in [0.5, 0.6) is 0 Å². The number of nitrogens with one attached hydrogen (secondary N) is 1. The molecule has 2 aliphatic heterocycles. The standard InChI is InChI=1S/C14H16BrF2NOS/c15-10-5-12(17)13(6-11(10)16)18-9-1-3-19-14(7-9)2-4-20-8-14/h5-6,9,18H,1-4,7-8H2. The van der Waals surface area contributed by atoms with Crippen LogP contribution in [0, 0.1) is 11.6 Å². The van der Waals surface area contributed by atoms with Gasteiger partial charge in [0.05, 0.1) is 15.8 Å². The van der Waals surface area contributed by atoms with Crippen LogP contribution in [0.4, 0.5) is 14.5 Å². The first kappa shape index (κ1) is 14.6. The van der Waals surface area contributed by atoms with Gasteiger partial charge in [-0.2, -0.15) is 11.8 Å². The predicted molar refractivity (Wildman–Crippen MR) is 81.3 cm³/mol. The summed E-state index contributed by atoms with van der Waals surface area (Å²) in [5.41, 5.74) is 0.170. The summed E-state index contributed by atoms with van der Waals surface area (Å²) in [4.78, 5) is 0. The number of hydrogen-bond acceptors (Lipinski definition) is 3. The van der Waals surface area contributed by atoms with Crippen LogP contribution in [0.1, 0.15) is 19.3 Å². The molecule has 2 heterocycles. The number of halogens is 3. The lowest BCUT2D eigenvalue weighted by Gasteiger charge is -2.38. The molecule has 2 unspecified atom stereocenters. The van der Waals surface area contributed by atoms with Crippen molar-refractivity contribution in [2.75, 3.05) is 23.4 Å². The zero-order valence-corrected chi connectivity index (χ0v) is 13.3. The number of benzene rings is 1. The Morgan fingerprint density at radius 3 is 2.95 bits per heavy atom. The Bertz CT molecular complexity index is 508. The van der Waals surface area contributed by atoms with Gasteiger partial charge in [0.1, 0.15) is 11.6 Å². The lowest BCUT2D eigenvalue weighted by atomic mass is 9.90. The summed E-state index contributed by atoms with van der Waals surface area (Å²) in [5, 5.41) is 3.14. The zero-order valence-electron chi connectivity index (χ0n) is 10.9. The van der Waals surface area contributed by atoms with Crippen molar-refractivity contribution in [1.82, 2.24) is 0 Å². The highest BCUT2D eigenvalue weighted by Crippen LogP contribution is 2.39. The van der Waals surface area contributed by atoms with Crippen molar-refractivity contribution in [3.05, 3.63) is 28.2 Å². The molecule has 20 heavy (non-hydrogen) atoms. The lowest BCUT2D eigenvalue weighted by molar-refractivity contribution is -0.0628. The summed E-state index contributed by atoms with van der Waals surface area (Å²) < 4.78 is 33.5. The van der Waals surface area contributed by atoms with Crippen molar-refractivity contribution >= 4 is 33.4 Å². The maximum Gasteiger partial charge on any atom is 0.147 e. The highest BCUT2D eigenvalue weighted by molar-refractivity contribution is 9.10. The summed E-state index contributed by atoms with van der Waals surface area (Å²) in [6.07, 6.45) is 2.73. The number of hydrogen-bond donors (Lipinski definition) is 1. The van der Waals surface area contributed by atoms with Gasteiger partial charge in [0.25, 0.3) is 0 Å². The van der Waals surface area contributed by atoms with Gasteiger partial charge in [0.15, 0.2) is 0 Å². The third kappa shape index (κ3) is 2.97. The third-order valence-corrected chi connectivity index (χ3v) is 5.76. The molecule has 1 aromatic carbocycles. The van der Waals surface area contributed by atoms with E-state index in [1.54, 1.807) is 0 Å². The van der Waals surface area contributed by atoms with Crippen molar-refractivity contribution in [3.8, 4) is 0 Å². The molecular weight excluding hydrogens is 348 g/mol. The average molecular weight is 364 g/mol. The van der Waals surface area contributed by atoms with E-state index in [-0.39, 0.29) is 21.8 Å². The average Bonchev–Trinajstić information content (AvgIpc) is 2.84. The van der Waals surface area contributed by atoms with Crippen LogP contribution >= 0.6 is 27.7 Å². The van der Waals surface area contributed by atoms with E-state index >= 15 is 0 Å². The summed E-state index contributed by atoms with van der Waals surface area (Å²) in [7, 11) is 0. The van der Waals surface area contributed by atoms with Crippen LogP contribution in [0.25, 0.3) is 0 Å². The number of thioether (sulfide) groups is 1. The molecule has 2 saturated heterocycles. The van der Waals surface area contributed by atoms with E-state index in [1.807, 2.05) is 11.8 Å². The van der Waals surface area contributed by atoms with E-state index in [2.05, 4.69) is 21.2 Å². The van der Waals surface area contributed by atoms with Gasteiger partial charge >= 0.3 is 0 Å². The van der Waals surface area contributed by atoms with Crippen LogP contribution < -0.4 is 5.32 Å². The van der Waals surface area contributed by atoms with Crippen molar-refractivity contribution < 1.29 is 13.5 Å². The minimum absolute atomic E-state index is 0.0645. The second kappa shape index (κ2) is 5.81. The summed E-state index contributed by atoms with van der Waals surface area (Å²) in [6, 6.07) is 2.51. The second-order valence-electron chi connectivity index (χ2n) is 5.41. The van der Waals surface area contributed by atoms with E-state index in [9.17, 15) is 8.78 Å². The molecule has 2 aliphatic rings. The molecule has 0 saturated carbocycles. The van der Waals surface area contributed by atoms with E-state index in [0.29, 0.717) is 6.61 Å². The van der Waals surface area contributed by atoms with Crippen LogP contribution in [-0.4, -0.2) is 29.8 Å². The van der Waals surface area contributed by atoms with Crippen molar-refractivity contribution in [1.29, 1.82) is 0 Å². The Balaban J connectivity index is 1.73. The van der Waals surface area contributed by atoms with E-state index < -0.39 is 11.6 Å². The SMILES string of the molecule is Fc1cc(NC2CCOC3(CCSC3)C2)c(F)cc1Br. The predicted octanol–water partition coefficient (Wildman–Crippen LogP) is 4.19. The molecule has 0 radical (unpaired) electrons. The van der Waals surface area contributed by atoms with Gasteiger partial charge in [-0.15, -0.1) is 0 Å². The van der Waals surface area contributed by atoms with E-state index in [1.165, 1.54) is 6.07 Å². The molecule has 110 valence electrons. The molecule has 1 N–H and O–H groups in total. The van der Waals surface area contributed by atoms with Gasteiger partial charge in [0, 0.05) is 24.5 Å². The molecule has 1 spiro atoms. The van der Waals surface area contributed by atoms with E-state index in [0.717, 1.165) is 36.8 Å². The summed E-state index contributed by atoms with van der Waals surface area (Å²) in [5.74, 6) is 1.24. The minimum Gasteiger partial charge on any atom is -0.380 e. The van der Waals surface area contributed by atoms with Crippen LogP contribution in [-0.2, 0) is 4.74 Å². The number of rotatable bonds is 2. The molecular formula is C14H16BrF2NOS. The van der Waals surface area contributed by atoms with Gasteiger partial charge in [-0.05, 0) is 47.0 Å². The summed E-state index contributed by atoms with van der Waals surface area (Å²) in [6.45, 7) is 0.679. The smallest absolute Gasteiger partial charge is 0.147 e. The van der Waals surface area contributed by atoms with Gasteiger partial charge in [0.2, 0.25) is 0 Å². The van der Waals surface area contributed by atoms with Crippen LogP contribution in [0.3, 0.4) is 0 Å². The lowest BCUT2D eigenvalue weighted by Crippen LogP contribution is -2.44. The van der Waals surface area contributed by atoms with Gasteiger partial charge in [-0.3, -0.25) is 0 Å². The molecule has 2 atom stereocenters. The third-order valence-electron chi connectivity index (χ3n) is 3.93. The molecule has 1 aromatic rings. The maximum atomic E-state index is 13.9. The Morgan fingerprint density at radius 1 is 1.35 bits per heavy atom. The van der Waals surface area contributed by atoms with Crippen molar-refractivity contribution in [2.24, 2.45) is 0 Å². The molecule has 0 bridgehead atoms. The minimum atomic E-state index is -0.452. The molecule has 0 aliphatic carbocycles. The number of anilines is 1. The maximum absolute atomic E-state index is 13.9. The highest BCUT2D eigenvalue weighted by atomic mass is 79.9. The Hall–Kier alpha value is -0.330. The van der Waals surface area contributed by atoms with Crippen LogP contribution in [0.15, 0.2) is 16.6 Å². The first-order valence-electron chi connectivity index (χ1n) is 6.71. The highest BCUT2D eigenvalue weighted by Gasteiger charge is 2.40. The molecule has 0 amide bonds. The Kier molecular flexibility index (Phi) is 4.24. The first-order valence-corrected chi connectivity index (χ1v) is 8.66. The zero-order chi connectivity index (χ0) is 14.2. The quantitative estimate of drug-likeness (QED) is 0.795. The monoisotopic (exact) mass is 363 g/mol. The molecule has 2 nitrogen and oxygen atoms in total. The summed E-state index contributed by atoms with van der Waals surface area (Å²) >= 11 is 4.89. The number of ether oxygens (including phenoxy) is 1. The molecule has 6 heteroatoms. The fraction of sp³-hybridized carbons (Fsp3) is 0.571. The molecule has 0 aromatic heterocycles. The first-order chi connectivity index (χ1) is 9.58. The van der Waals surface area contributed by atoms with E-state index in [4.69, 9.17) is 4.74 Å².